The van der Waals surface area contributed by atoms with E-state index < -0.39 is 21.4 Å². The Kier molecular flexibility index (Phi) is 3.88. The summed E-state index contributed by atoms with van der Waals surface area (Å²) in [4.78, 5) is 11.5. The van der Waals surface area contributed by atoms with Crippen LogP contribution in [0.5, 0.6) is 0 Å². The minimum Gasteiger partial charge on any atom is -0.481 e. The highest BCUT2D eigenvalue weighted by Gasteiger charge is 2.40. The summed E-state index contributed by atoms with van der Waals surface area (Å²) in [5.41, 5.74) is -0.114. The summed E-state index contributed by atoms with van der Waals surface area (Å²) in [7, 11) is -3.53. The minimum atomic E-state index is -3.53. The number of sulfonamides is 1. The van der Waals surface area contributed by atoms with E-state index >= 15 is 0 Å². The van der Waals surface area contributed by atoms with Crippen LogP contribution in [0.3, 0.4) is 0 Å². The van der Waals surface area contributed by atoms with E-state index in [9.17, 15) is 18.3 Å². The van der Waals surface area contributed by atoms with Crippen molar-refractivity contribution < 1.29 is 18.3 Å². The van der Waals surface area contributed by atoms with Gasteiger partial charge in [0, 0.05) is 13.1 Å². The Balaban J connectivity index is 2.22. The normalized spacial score (nSPS) is 19.7. The van der Waals surface area contributed by atoms with Crippen LogP contribution in [0.4, 0.5) is 0 Å². The molecular formula is C14H19NO4S. The van der Waals surface area contributed by atoms with Gasteiger partial charge in [-0.3, -0.25) is 4.79 Å². The zero-order valence-corrected chi connectivity index (χ0v) is 12.5. The van der Waals surface area contributed by atoms with Gasteiger partial charge in [-0.15, -0.1) is 0 Å². The van der Waals surface area contributed by atoms with E-state index in [1.807, 2.05) is 0 Å². The number of nitrogens with zero attached hydrogens (tertiary/aromatic N) is 1. The van der Waals surface area contributed by atoms with Crippen molar-refractivity contribution in [3.63, 3.8) is 0 Å². The molecule has 0 atom stereocenters. The standard InChI is InChI=1S/C14H19NO4S/c1-11-5-3-4-6-12(11)20(18,19)15-9-7-14(2,8-10-15)13(16)17/h3-6H,7-10H2,1-2H3,(H,16,17). The van der Waals surface area contributed by atoms with E-state index in [4.69, 9.17) is 0 Å². The Hall–Kier alpha value is -1.40. The number of hydrogen-bond acceptors (Lipinski definition) is 3. The molecule has 2 rings (SSSR count). The van der Waals surface area contributed by atoms with Crippen molar-refractivity contribution in [2.75, 3.05) is 13.1 Å². The van der Waals surface area contributed by atoms with Gasteiger partial charge in [0.15, 0.2) is 0 Å². The van der Waals surface area contributed by atoms with E-state index in [1.54, 1.807) is 38.1 Å². The van der Waals surface area contributed by atoms with Crippen LogP contribution in [0, 0.1) is 12.3 Å². The van der Waals surface area contributed by atoms with Crippen LogP contribution in [-0.2, 0) is 14.8 Å². The van der Waals surface area contributed by atoms with Gasteiger partial charge < -0.3 is 5.11 Å². The van der Waals surface area contributed by atoms with Crippen LogP contribution in [0.1, 0.15) is 25.3 Å². The zero-order valence-electron chi connectivity index (χ0n) is 11.7. The third kappa shape index (κ3) is 2.58. The van der Waals surface area contributed by atoms with Crippen molar-refractivity contribution in [3.8, 4) is 0 Å². The van der Waals surface area contributed by atoms with Crippen molar-refractivity contribution in [2.45, 2.75) is 31.6 Å². The number of carboxylic acid groups (broad SMARTS) is 1. The molecule has 0 unspecified atom stereocenters. The highest BCUT2D eigenvalue weighted by Crippen LogP contribution is 2.33. The number of piperidine rings is 1. The summed E-state index contributed by atoms with van der Waals surface area (Å²) < 4.78 is 26.5. The van der Waals surface area contributed by atoms with Gasteiger partial charge in [0.1, 0.15) is 0 Å². The molecule has 0 aromatic heterocycles. The van der Waals surface area contributed by atoms with E-state index in [0.29, 0.717) is 23.3 Å². The molecule has 5 nitrogen and oxygen atoms in total. The molecule has 1 aliphatic heterocycles. The Morgan fingerprint density at radius 2 is 1.80 bits per heavy atom. The summed E-state index contributed by atoms with van der Waals surface area (Å²) in [6.45, 7) is 3.93. The lowest BCUT2D eigenvalue weighted by atomic mass is 9.81. The van der Waals surface area contributed by atoms with Gasteiger partial charge in [-0.1, -0.05) is 18.2 Å². The summed E-state index contributed by atoms with van der Waals surface area (Å²) in [6, 6.07) is 6.85. The molecule has 1 fully saturated rings. The second-order valence-corrected chi connectivity index (χ2v) is 7.44. The van der Waals surface area contributed by atoms with Crippen LogP contribution in [0.2, 0.25) is 0 Å². The third-order valence-corrected chi connectivity index (χ3v) is 6.11. The van der Waals surface area contributed by atoms with Gasteiger partial charge in [-0.25, -0.2) is 8.42 Å². The van der Waals surface area contributed by atoms with Crippen molar-refractivity contribution in [1.82, 2.24) is 4.31 Å². The summed E-state index contributed by atoms with van der Waals surface area (Å²) >= 11 is 0. The summed E-state index contributed by atoms with van der Waals surface area (Å²) in [5.74, 6) is -0.856. The molecule has 0 amide bonds. The molecule has 0 radical (unpaired) electrons. The molecule has 1 aromatic carbocycles. The maximum Gasteiger partial charge on any atom is 0.309 e. The Morgan fingerprint density at radius 3 is 2.30 bits per heavy atom. The molecule has 1 aliphatic rings. The number of benzene rings is 1. The summed E-state index contributed by atoms with van der Waals surface area (Å²) in [5, 5.41) is 9.18. The predicted molar refractivity (Wildman–Crippen MR) is 74.9 cm³/mol. The van der Waals surface area contributed by atoms with Gasteiger partial charge in [0.2, 0.25) is 10.0 Å². The van der Waals surface area contributed by atoms with Crippen LogP contribution in [-0.4, -0.2) is 36.9 Å². The first-order valence-electron chi connectivity index (χ1n) is 6.56. The van der Waals surface area contributed by atoms with Gasteiger partial charge in [0.05, 0.1) is 10.3 Å². The number of aliphatic carboxylic acids is 1. The third-order valence-electron chi connectivity index (χ3n) is 4.05. The lowest BCUT2D eigenvalue weighted by Crippen LogP contribution is -2.45. The Bertz CT molecular complexity index is 616. The SMILES string of the molecule is Cc1ccccc1S(=O)(=O)N1CCC(C)(C(=O)O)CC1. The molecule has 1 saturated heterocycles. The first-order valence-corrected chi connectivity index (χ1v) is 8.00. The van der Waals surface area contributed by atoms with Crippen LogP contribution < -0.4 is 0 Å². The monoisotopic (exact) mass is 297 g/mol. The average Bonchev–Trinajstić information content (AvgIpc) is 2.39. The largest absolute Gasteiger partial charge is 0.481 e. The molecule has 20 heavy (non-hydrogen) atoms. The van der Waals surface area contributed by atoms with Crippen LogP contribution in [0.15, 0.2) is 29.2 Å². The number of aryl methyl sites for hydroxylation is 1. The molecule has 1 heterocycles. The number of rotatable bonds is 3. The molecule has 1 N–H and O–H groups in total. The summed E-state index contributed by atoms with van der Waals surface area (Å²) in [6.07, 6.45) is 0.681. The van der Waals surface area contributed by atoms with Crippen molar-refractivity contribution in [2.24, 2.45) is 5.41 Å². The molecular weight excluding hydrogens is 278 g/mol. The first kappa shape index (κ1) is 15.0. The lowest BCUT2D eigenvalue weighted by molar-refractivity contribution is -0.150. The fourth-order valence-electron chi connectivity index (χ4n) is 2.42. The van der Waals surface area contributed by atoms with Crippen molar-refractivity contribution in [1.29, 1.82) is 0 Å². The topological polar surface area (TPSA) is 74.7 Å². The average molecular weight is 297 g/mol. The lowest BCUT2D eigenvalue weighted by Gasteiger charge is -2.35. The molecule has 0 spiro atoms. The highest BCUT2D eigenvalue weighted by molar-refractivity contribution is 7.89. The number of carboxylic acids is 1. The van der Waals surface area contributed by atoms with Crippen molar-refractivity contribution in [3.05, 3.63) is 29.8 Å². The smallest absolute Gasteiger partial charge is 0.309 e. The molecule has 0 saturated carbocycles. The van der Waals surface area contributed by atoms with Gasteiger partial charge in [0.25, 0.3) is 0 Å². The zero-order chi connectivity index (χ0) is 15.0. The molecule has 6 heteroatoms. The molecule has 0 aliphatic carbocycles. The first-order chi connectivity index (χ1) is 9.27. The number of carbonyl (C=O) groups is 1. The van der Waals surface area contributed by atoms with Crippen molar-refractivity contribution >= 4 is 16.0 Å². The van der Waals surface area contributed by atoms with Crippen LogP contribution >= 0.6 is 0 Å². The minimum absolute atomic E-state index is 0.249. The Labute approximate surface area is 119 Å². The fourth-order valence-corrected chi connectivity index (χ4v) is 4.09. The van der Waals surface area contributed by atoms with E-state index in [-0.39, 0.29) is 13.1 Å². The maximum atomic E-state index is 12.6. The highest BCUT2D eigenvalue weighted by atomic mass is 32.2. The maximum absolute atomic E-state index is 12.6. The van der Waals surface area contributed by atoms with E-state index in [2.05, 4.69) is 0 Å². The Morgan fingerprint density at radius 1 is 1.25 bits per heavy atom. The van der Waals surface area contributed by atoms with Gasteiger partial charge in [-0.05, 0) is 38.3 Å². The molecule has 1 aromatic rings. The molecule has 0 bridgehead atoms. The molecule has 110 valence electrons. The number of hydrogen-bond donors (Lipinski definition) is 1. The van der Waals surface area contributed by atoms with Gasteiger partial charge >= 0.3 is 5.97 Å². The van der Waals surface area contributed by atoms with E-state index in [0.717, 1.165) is 0 Å². The predicted octanol–water partition coefficient (Wildman–Crippen LogP) is 1.87. The van der Waals surface area contributed by atoms with E-state index in [1.165, 1.54) is 4.31 Å². The quantitative estimate of drug-likeness (QED) is 0.924. The fraction of sp³-hybridized carbons (Fsp3) is 0.500. The second-order valence-electron chi connectivity index (χ2n) is 5.54. The second kappa shape index (κ2) is 5.18. The van der Waals surface area contributed by atoms with Crippen LogP contribution in [0.25, 0.3) is 0 Å². The van der Waals surface area contributed by atoms with Gasteiger partial charge in [-0.2, -0.15) is 4.31 Å².